The molecule has 0 aromatic carbocycles. The van der Waals surface area contributed by atoms with Crippen molar-refractivity contribution in [3.8, 4) is 0 Å². The first-order chi connectivity index (χ1) is 6.78. The predicted octanol–water partition coefficient (Wildman–Crippen LogP) is 1.73. The summed E-state index contributed by atoms with van der Waals surface area (Å²) >= 11 is 0. The van der Waals surface area contributed by atoms with Crippen molar-refractivity contribution in [3.05, 3.63) is 0 Å². The smallest absolute Gasteiger partial charge is 0.191 e. The minimum Gasteiger partial charge on any atom is -0.370 e. The summed E-state index contributed by atoms with van der Waals surface area (Å²) in [5.74, 6) is 0.773. The standard InChI is InChI=1S/C11H21N3/c1-2-14-10(12)13-9-11(14)7-5-3-4-6-8-11/h2-9H2,1H3,(H2,12,13). The Morgan fingerprint density at radius 1 is 1.29 bits per heavy atom. The van der Waals surface area contributed by atoms with Crippen LogP contribution in [0.3, 0.4) is 0 Å². The first-order valence-electron chi connectivity index (χ1n) is 5.86. The second-order valence-electron chi connectivity index (χ2n) is 4.56. The minimum atomic E-state index is 0.301. The van der Waals surface area contributed by atoms with Crippen LogP contribution in [0.1, 0.15) is 45.4 Å². The largest absolute Gasteiger partial charge is 0.370 e. The predicted molar refractivity (Wildman–Crippen MR) is 59.3 cm³/mol. The van der Waals surface area contributed by atoms with Crippen LogP contribution in [0.4, 0.5) is 0 Å². The minimum absolute atomic E-state index is 0.301. The molecule has 2 aliphatic rings. The molecular formula is C11H21N3. The molecule has 3 nitrogen and oxygen atoms in total. The molecule has 0 aromatic heterocycles. The molecule has 0 unspecified atom stereocenters. The van der Waals surface area contributed by atoms with Gasteiger partial charge in [0.1, 0.15) is 0 Å². The first kappa shape index (κ1) is 9.81. The number of nitrogens with zero attached hydrogens (tertiary/aromatic N) is 2. The van der Waals surface area contributed by atoms with E-state index in [1.807, 2.05) is 0 Å². The fraction of sp³-hybridized carbons (Fsp3) is 0.909. The van der Waals surface area contributed by atoms with Crippen molar-refractivity contribution in [1.29, 1.82) is 0 Å². The van der Waals surface area contributed by atoms with E-state index in [4.69, 9.17) is 5.73 Å². The van der Waals surface area contributed by atoms with Crippen molar-refractivity contribution < 1.29 is 0 Å². The SMILES string of the molecule is CCN1C(N)=NCC12CCCCCC2. The summed E-state index contributed by atoms with van der Waals surface area (Å²) in [5.41, 5.74) is 6.22. The normalized spacial score (nSPS) is 26.4. The third kappa shape index (κ3) is 1.49. The Balaban J connectivity index is 2.14. The van der Waals surface area contributed by atoms with Crippen molar-refractivity contribution in [1.82, 2.24) is 4.90 Å². The van der Waals surface area contributed by atoms with Crippen molar-refractivity contribution in [3.63, 3.8) is 0 Å². The van der Waals surface area contributed by atoms with Crippen LogP contribution in [0.25, 0.3) is 0 Å². The highest BCUT2D eigenvalue weighted by molar-refractivity contribution is 5.81. The van der Waals surface area contributed by atoms with Gasteiger partial charge in [0.15, 0.2) is 5.96 Å². The molecule has 3 heteroatoms. The number of nitrogens with two attached hydrogens (primary N) is 1. The van der Waals surface area contributed by atoms with E-state index in [-0.39, 0.29) is 0 Å². The number of rotatable bonds is 1. The summed E-state index contributed by atoms with van der Waals surface area (Å²) in [6.07, 6.45) is 8.03. The third-order valence-corrected chi connectivity index (χ3v) is 3.73. The van der Waals surface area contributed by atoms with Crippen LogP contribution in [-0.2, 0) is 0 Å². The van der Waals surface area contributed by atoms with Gasteiger partial charge in [0.2, 0.25) is 0 Å². The van der Waals surface area contributed by atoms with Gasteiger partial charge in [0.05, 0.1) is 12.1 Å². The van der Waals surface area contributed by atoms with Gasteiger partial charge in [-0.15, -0.1) is 0 Å². The summed E-state index contributed by atoms with van der Waals surface area (Å²) in [7, 11) is 0. The summed E-state index contributed by atoms with van der Waals surface area (Å²) in [6, 6.07) is 0. The van der Waals surface area contributed by atoms with Crippen molar-refractivity contribution in [2.45, 2.75) is 51.0 Å². The van der Waals surface area contributed by atoms with Crippen LogP contribution in [0.5, 0.6) is 0 Å². The molecular weight excluding hydrogens is 174 g/mol. The van der Waals surface area contributed by atoms with Gasteiger partial charge < -0.3 is 10.6 Å². The van der Waals surface area contributed by atoms with E-state index in [0.717, 1.165) is 19.0 Å². The monoisotopic (exact) mass is 195 g/mol. The van der Waals surface area contributed by atoms with Gasteiger partial charge in [0, 0.05) is 6.54 Å². The molecule has 2 rings (SSSR count). The van der Waals surface area contributed by atoms with Crippen molar-refractivity contribution in [2.24, 2.45) is 10.7 Å². The fourth-order valence-electron chi connectivity index (χ4n) is 2.95. The molecule has 0 atom stereocenters. The van der Waals surface area contributed by atoms with Crippen LogP contribution < -0.4 is 5.73 Å². The topological polar surface area (TPSA) is 41.6 Å². The number of aliphatic imine (C=N–C) groups is 1. The molecule has 0 amide bonds. The van der Waals surface area contributed by atoms with Crippen LogP contribution >= 0.6 is 0 Å². The number of likely N-dealkylation sites (N-methyl/N-ethyl adjacent to an activating group) is 1. The lowest BCUT2D eigenvalue weighted by Crippen LogP contribution is -2.51. The Kier molecular flexibility index (Phi) is 2.66. The van der Waals surface area contributed by atoms with Crippen LogP contribution in [-0.4, -0.2) is 29.5 Å². The first-order valence-corrected chi connectivity index (χ1v) is 5.86. The Hall–Kier alpha value is -0.730. The molecule has 1 heterocycles. The molecule has 1 fully saturated rings. The highest BCUT2D eigenvalue weighted by Crippen LogP contribution is 2.35. The molecule has 0 bridgehead atoms. The van der Waals surface area contributed by atoms with Gasteiger partial charge in [-0.3, -0.25) is 4.99 Å². The van der Waals surface area contributed by atoms with Gasteiger partial charge in [-0.05, 0) is 19.8 Å². The molecule has 2 N–H and O–H groups in total. The molecule has 80 valence electrons. The van der Waals surface area contributed by atoms with E-state index in [1.54, 1.807) is 0 Å². The lowest BCUT2D eigenvalue weighted by molar-refractivity contribution is 0.182. The van der Waals surface area contributed by atoms with Gasteiger partial charge in [-0.2, -0.15) is 0 Å². The lowest BCUT2D eigenvalue weighted by Gasteiger charge is -2.38. The Morgan fingerprint density at radius 3 is 2.50 bits per heavy atom. The number of guanidine groups is 1. The molecule has 1 spiro atoms. The zero-order chi connectivity index (χ0) is 10.0. The Bertz CT molecular complexity index is 227. The Morgan fingerprint density at radius 2 is 1.93 bits per heavy atom. The average molecular weight is 195 g/mol. The summed E-state index contributed by atoms with van der Waals surface area (Å²) < 4.78 is 0. The summed E-state index contributed by atoms with van der Waals surface area (Å²) in [4.78, 5) is 6.76. The molecule has 0 radical (unpaired) electrons. The van der Waals surface area contributed by atoms with Crippen LogP contribution in [0.2, 0.25) is 0 Å². The molecule has 1 aliphatic carbocycles. The summed E-state index contributed by atoms with van der Waals surface area (Å²) in [6.45, 7) is 4.13. The van der Waals surface area contributed by atoms with Gasteiger partial charge >= 0.3 is 0 Å². The van der Waals surface area contributed by atoms with Crippen molar-refractivity contribution >= 4 is 5.96 Å². The van der Waals surface area contributed by atoms with E-state index in [0.29, 0.717) is 5.54 Å². The second kappa shape index (κ2) is 3.79. The number of hydrogen-bond acceptors (Lipinski definition) is 3. The third-order valence-electron chi connectivity index (χ3n) is 3.73. The quantitative estimate of drug-likeness (QED) is 0.692. The van der Waals surface area contributed by atoms with E-state index < -0.39 is 0 Å². The second-order valence-corrected chi connectivity index (χ2v) is 4.56. The molecule has 0 saturated heterocycles. The van der Waals surface area contributed by atoms with Crippen LogP contribution in [0, 0.1) is 0 Å². The zero-order valence-electron chi connectivity index (χ0n) is 9.13. The van der Waals surface area contributed by atoms with E-state index in [1.165, 1.54) is 38.5 Å². The zero-order valence-corrected chi connectivity index (χ0v) is 9.13. The highest BCUT2D eigenvalue weighted by atomic mass is 15.3. The maximum Gasteiger partial charge on any atom is 0.191 e. The van der Waals surface area contributed by atoms with Crippen LogP contribution in [0.15, 0.2) is 4.99 Å². The maximum absolute atomic E-state index is 5.92. The average Bonchev–Trinajstić information content (AvgIpc) is 2.39. The van der Waals surface area contributed by atoms with E-state index in [2.05, 4.69) is 16.8 Å². The molecule has 1 aliphatic heterocycles. The van der Waals surface area contributed by atoms with Gasteiger partial charge in [0.25, 0.3) is 0 Å². The molecule has 14 heavy (non-hydrogen) atoms. The maximum atomic E-state index is 5.92. The fourth-order valence-corrected chi connectivity index (χ4v) is 2.95. The lowest BCUT2D eigenvalue weighted by atomic mass is 9.89. The molecule has 1 saturated carbocycles. The molecule has 0 aromatic rings. The Labute approximate surface area is 86.4 Å². The highest BCUT2D eigenvalue weighted by Gasteiger charge is 2.40. The van der Waals surface area contributed by atoms with Crippen molar-refractivity contribution in [2.75, 3.05) is 13.1 Å². The number of hydrogen-bond donors (Lipinski definition) is 1. The van der Waals surface area contributed by atoms with E-state index in [9.17, 15) is 0 Å². The van der Waals surface area contributed by atoms with Gasteiger partial charge in [-0.25, -0.2) is 0 Å². The van der Waals surface area contributed by atoms with E-state index >= 15 is 0 Å². The summed E-state index contributed by atoms with van der Waals surface area (Å²) in [5, 5.41) is 0. The van der Waals surface area contributed by atoms with Gasteiger partial charge in [-0.1, -0.05) is 25.7 Å².